The molecule has 2 N–H and O–H groups in total. The van der Waals surface area contributed by atoms with E-state index in [9.17, 15) is 13.6 Å². The summed E-state index contributed by atoms with van der Waals surface area (Å²) in [7, 11) is 0. The molecule has 1 aromatic rings. The Morgan fingerprint density at radius 3 is 2.48 bits per heavy atom. The topological polar surface area (TPSA) is 50.4 Å². The largest absolute Gasteiger partial charge is 0.435 e. The molecule has 0 saturated heterocycles. The van der Waals surface area contributed by atoms with Crippen molar-refractivity contribution in [1.29, 1.82) is 0 Å². The van der Waals surface area contributed by atoms with Crippen molar-refractivity contribution in [3.63, 3.8) is 0 Å². The third-order valence-electron chi connectivity index (χ3n) is 2.92. The number of halogens is 2. The van der Waals surface area contributed by atoms with Crippen LogP contribution in [0.15, 0.2) is 24.3 Å². The van der Waals surface area contributed by atoms with Crippen molar-refractivity contribution in [2.24, 2.45) is 0 Å². The maximum Gasteiger partial charge on any atom is 0.387 e. The van der Waals surface area contributed by atoms with Crippen LogP contribution >= 0.6 is 0 Å². The van der Waals surface area contributed by atoms with Crippen LogP contribution < -0.4 is 15.4 Å². The summed E-state index contributed by atoms with van der Waals surface area (Å²) in [6.07, 6.45) is 4.43. The Morgan fingerprint density at radius 1 is 1.14 bits per heavy atom. The number of benzene rings is 1. The molecule has 0 aliphatic carbocycles. The lowest BCUT2D eigenvalue weighted by Crippen LogP contribution is -2.35. The molecule has 0 aromatic heterocycles. The second-order valence-corrected chi connectivity index (χ2v) is 4.69. The molecule has 0 fully saturated rings. The van der Waals surface area contributed by atoms with E-state index < -0.39 is 6.61 Å². The summed E-state index contributed by atoms with van der Waals surface area (Å²) in [5.41, 5.74) is 0.817. The second kappa shape index (κ2) is 9.96. The third kappa shape index (κ3) is 8.12. The highest BCUT2D eigenvalue weighted by molar-refractivity contribution is 5.73. The van der Waals surface area contributed by atoms with Crippen molar-refractivity contribution < 1.29 is 18.3 Å². The molecule has 0 radical (unpaired) electrons. The van der Waals surface area contributed by atoms with Crippen LogP contribution in [-0.2, 0) is 6.54 Å². The van der Waals surface area contributed by atoms with Gasteiger partial charge in [-0.05, 0) is 24.1 Å². The summed E-state index contributed by atoms with van der Waals surface area (Å²) < 4.78 is 28.2. The second-order valence-electron chi connectivity index (χ2n) is 4.69. The monoisotopic (exact) mass is 300 g/mol. The van der Waals surface area contributed by atoms with Crippen LogP contribution in [0.3, 0.4) is 0 Å². The van der Waals surface area contributed by atoms with Gasteiger partial charge in [-0.1, -0.05) is 38.3 Å². The first-order chi connectivity index (χ1) is 10.1. The summed E-state index contributed by atoms with van der Waals surface area (Å²) in [6.45, 7) is 0.313. The van der Waals surface area contributed by atoms with E-state index in [1.807, 2.05) is 0 Å². The Kier molecular flexibility index (Phi) is 8.16. The molecule has 1 aromatic carbocycles. The number of amides is 2. The average molecular weight is 300 g/mol. The standard InChI is InChI=1S/C15H22F2N2O2/c1-2-3-4-5-10-18-15(20)19-11-12-6-8-13(9-7-12)21-14(16)17/h6-9,14H,2-5,10-11H2,1H3,(H2,18,19,20). The van der Waals surface area contributed by atoms with E-state index in [1.165, 1.54) is 18.6 Å². The van der Waals surface area contributed by atoms with Gasteiger partial charge in [0.05, 0.1) is 0 Å². The Hall–Kier alpha value is -1.85. The Balaban J connectivity index is 2.20. The summed E-state index contributed by atoms with van der Waals surface area (Å²) in [5, 5.41) is 5.49. The molecule has 1 rings (SSSR count). The Morgan fingerprint density at radius 2 is 1.86 bits per heavy atom. The number of hydrogen-bond donors (Lipinski definition) is 2. The van der Waals surface area contributed by atoms with Crippen LogP contribution in [0.1, 0.15) is 38.2 Å². The predicted octanol–water partition coefficient (Wildman–Crippen LogP) is 3.67. The van der Waals surface area contributed by atoms with Gasteiger partial charge >= 0.3 is 12.6 Å². The lowest BCUT2D eigenvalue weighted by Gasteiger charge is -2.08. The van der Waals surface area contributed by atoms with E-state index in [0.29, 0.717) is 13.1 Å². The van der Waals surface area contributed by atoms with Crippen LogP contribution in [0, 0.1) is 0 Å². The quantitative estimate of drug-likeness (QED) is 0.684. The van der Waals surface area contributed by atoms with Gasteiger partial charge in [-0.25, -0.2) is 4.79 Å². The normalized spacial score (nSPS) is 10.5. The maximum atomic E-state index is 12.0. The Labute approximate surface area is 123 Å². The number of carbonyl (C=O) groups excluding carboxylic acids is 1. The zero-order chi connectivity index (χ0) is 15.5. The lowest BCUT2D eigenvalue weighted by atomic mass is 10.2. The van der Waals surface area contributed by atoms with Gasteiger partial charge in [0.2, 0.25) is 0 Å². The number of alkyl halides is 2. The fourth-order valence-electron chi connectivity index (χ4n) is 1.79. The molecule has 0 spiro atoms. The summed E-state index contributed by atoms with van der Waals surface area (Å²) in [6, 6.07) is 5.95. The van der Waals surface area contributed by atoms with Gasteiger partial charge in [0.15, 0.2) is 0 Å². The molecule has 0 bridgehead atoms. The molecular weight excluding hydrogens is 278 g/mol. The molecule has 0 aliphatic rings. The van der Waals surface area contributed by atoms with Crippen molar-refractivity contribution in [2.75, 3.05) is 6.54 Å². The smallest absolute Gasteiger partial charge is 0.387 e. The van der Waals surface area contributed by atoms with Crippen molar-refractivity contribution in [1.82, 2.24) is 10.6 Å². The van der Waals surface area contributed by atoms with E-state index in [4.69, 9.17) is 0 Å². The zero-order valence-electron chi connectivity index (χ0n) is 12.2. The first kappa shape index (κ1) is 17.2. The van der Waals surface area contributed by atoms with Gasteiger partial charge in [0.1, 0.15) is 5.75 Å². The number of nitrogens with one attached hydrogen (secondary N) is 2. The number of urea groups is 1. The first-order valence-corrected chi connectivity index (χ1v) is 7.17. The third-order valence-corrected chi connectivity index (χ3v) is 2.92. The minimum absolute atomic E-state index is 0.106. The van der Waals surface area contributed by atoms with Crippen molar-refractivity contribution in [3.05, 3.63) is 29.8 Å². The number of rotatable bonds is 9. The van der Waals surface area contributed by atoms with E-state index in [0.717, 1.165) is 24.8 Å². The van der Waals surface area contributed by atoms with E-state index in [1.54, 1.807) is 12.1 Å². The highest BCUT2D eigenvalue weighted by Gasteiger charge is 2.04. The lowest BCUT2D eigenvalue weighted by molar-refractivity contribution is -0.0498. The molecule has 118 valence electrons. The van der Waals surface area contributed by atoms with Gasteiger partial charge in [-0.2, -0.15) is 8.78 Å². The van der Waals surface area contributed by atoms with Crippen LogP contribution in [0.25, 0.3) is 0 Å². The summed E-state index contributed by atoms with van der Waals surface area (Å²) >= 11 is 0. The summed E-state index contributed by atoms with van der Waals surface area (Å²) in [4.78, 5) is 11.5. The van der Waals surface area contributed by atoms with Crippen molar-refractivity contribution >= 4 is 6.03 Å². The molecule has 21 heavy (non-hydrogen) atoms. The first-order valence-electron chi connectivity index (χ1n) is 7.17. The molecule has 2 amide bonds. The zero-order valence-corrected chi connectivity index (χ0v) is 12.2. The fraction of sp³-hybridized carbons (Fsp3) is 0.533. The van der Waals surface area contributed by atoms with Gasteiger partial charge in [-0.3, -0.25) is 0 Å². The van der Waals surface area contributed by atoms with Crippen LogP contribution in [0.5, 0.6) is 5.75 Å². The molecule has 0 aliphatic heterocycles. The van der Waals surface area contributed by atoms with Gasteiger partial charge in [0, 0.05) is 13.1 Å². The highest BCUT2D eigenvalue weighted by Crippen LogP contribution is 2.14. The van der Waals surface area contributed by atoms with Gasteiger partial charge in [-0.15, -0.1) is 0 Å². The van der Waals surface area contributed by atoms with E-state index in [-0.39, 0.29) is 11.8 Å². The summed E-state index contributed by atoms with van der Waals surface area (Å²) in [5.74, 6) is 0.106. The van der Waals surface area contributed by atoms with Crippen LogP contribution in [0.2, 0.25) is 0 Å². The number of carbonyl (C=O) groups is 1. The number of ether oxygens (including phenoxy) is 1. The Bertz CT molecular complexity index is 411. The highest BCUT2D eigenvalue weighted by atomic mass is 19.3. The van der Waals surface area contributed by atoms with Crippen LogP contribution in [0.4, 0.5) is 13.6 Å². The molecule has 0 unspecified atom stereocenters. The number of unbranched alkanes of at least 4 members (excludes halogenated alkanes) is 3. The molecule has 0 heterocycles. The fourth-order valence-corrected chi connectivity index (χ4v) is 1.79. The van der Waals surface area contributed by atoms with E-state index in [2.05, 4.69) is 22.3 Å². The molecular formula is C15H22F2N2O2. The van der Waals surface area contributed by atoms with Crippen molar-refractivity contribution in [2.45, 2.75) is 45.8 Å². The van der Waals surface area contributed by atoms with Crippen LogP contribution in [-0.4, -0.2) is 19.2 Å². The molecule has 4 nitrogen and oxygen atoms in total. The van der Waals surface area contributed by atoms with Crippen molar-refractivity contribution in [3.8, 4) is 5.75 Å². The predicted molar refractivity (Wildman–Crippen MR) is 77.5 cm³/mol. The van der Waals surface area contributed by atoms with Gasteiger partial charge < -0.3 is 15.4 Å². The maximum absolute atomic E-state index is 12.0. The van der Waals surface area contributed by atoms with Gasteiger partial charge in [0.25, 0.3) is 0 Å². The average Bonchev–Trinajstić information content (AvgIpc) is 2.46. The SMILES string of the molecule is CCCCCCNC(=O)NCc1ccc(OC(F)F)cc1. The number of hydrogen-bond acceptors (Lipinski definition) is 2. The minimum Gasteiger partial charge on any atom is -0.435 e. The minimum atomic E-state index is -2.83. The molecule has 0 atom stereocenters. The molecule has 6 heteroatoms. The molecule has 0 saturated carbocycles. The van der Waals surface area contributed by atoms with E-state index >= 15 is 0 Å².